The van der Waals surface area contributed by atoms with Gasteiger partial charge in [0.15, 0.2) is 0 Å². The Morgan fingerprint density at radius 1 is 1.52 bits per heavy atom. The lowest BCUT2D eigenvalue weighted by molar-refractivity contribution is -0.121. The van der Waals surface area contributed by atoms with E-state index in [1.54, 1.807) is 6.07 Å². The van der Waals surface area contributed by atoms with Crippen molar-refractivity contribution in [3.05, 3.63) is 17.0 Å². The van der Waals surface area contributed by atoms with Gasteiger partial charge in [-0.15, -0.1) is 11.3 Å². The third kappa shape index (κ3) is 5.00. The highest BCUT2D eigenvalue weighted by Gasteiger charge is 2.24. The zero-order valence-electron chi connectivity index (χ0n) is 11.7. The van der Waals surface area contributed by atoms with Crippen molar-refractivity contribution >= 4 is 44.5 Å². The molecule has 1 heterocycles. The summed E-state index contributed by atoms with van der Waals surface area (Å²) in [6.45, 7) is 0.421. The van der Waals surface area contributed by atoms with Gasteiger partial charge in [0.1, 0.15) is 9.20 Å². The molecule has 118 valence electrons. The minimum Gasteiger partial charge on any atom is -0.389 e. The van der Waals surface area contributed by atoms with Gasteiger partial charge < -0.3 is 15.8 Å². The molecular weight excluding hydrogens is 334 g/mol. The lowest BCUT2D eigenvalue weighted by atomic mass is 10.5. The number of methoxy groups -OCH3 is 1. The monoisotopic (exact) mass is 351 g/mol. The van der Waals surface area contributed by atoms with Crippen LogP contribution in [0.4, 0.5) is 0 Å². The molecule has 21 heavy (non-hydrogen) atoms. The van der Waals surface area contributed by atoms with Crippen LogP contribution in [0.2, 0.25) is 0 Å². The molecule has 3 N–H and O–H groups in total. The van der Waals surface area contributed by atoms with E-state index < -0.39 is 15.9 Å². The molecule has 0 radical (unpaired) electrons. The summed E-state index contributed by atoms with van der Waals surface area (Å²) in [7, 11) is -0.881. The topological polar surface area (TPSA) is 102 Å². The highest BCUT2D eigenvalue weighted by Crippen LogP contribution is 2.24. The molecule has 0 saturated carbocycles. The van der Waals surface area contributed by atoms with Crippen LogP contribution >= 0.6 is 23.6 Å². The van der Waals surface area contributed by atoms with E-state index in [1.807, 2.05) is 0 Å². The van der Waals surface area contributed by atoms with Crippen molar-refractivity contribution in [3.63, 3.8) is 0 Å². The van der Waals surface area contributed by atoms with Gasteiger partial charge in [-0.2, -0.15) is 4.31 Å². The number of carbonyl (C=O) groups is 1. The summed E-state index contributed by atoms with van der Waals surface area (Å²) in [5, 5.41) is 2.55. The van der Waals surface area contributed by atoms with Crippen LogP contribution in [-0.4, -0.2) is 57.5 Å². The number of ether oxygens (including phenoxy) is 1. The van der Waals surface area contributed by atoms with Gasteiger partial charge in [-0.3, -0.25) is 4.79 Å². The number of amides is 1. The van der Waals surface area contributed by atoms with E-state index in [0.29, 0.717) is 18.0 Å². The first-order valence-electron chi connectivity index (χ1n) is 5.90. The predicted octanol–water partition coefficient (Wildman–Crippen LogP) is -0.235. The second-order valence-corrected chi connectivity index (χ2v) is 7.88. The van der Waals surface area contributed by atoms with E-state index in [2.05, 4.69) is 5.32 Å². The average Bonchev–Trinajstić information content (AvgIpc) is 2.89. The maximum absolute atomic E-state index is 12.3. The second-order valence-electron chi connectivity index (χ2n) is 4.09. The number of thiocarbonyl (C=S) groups is 1. The minimum absolute atomic E-state index is 0.0949. The van der Waals surface area contributed by atoms with Crippen LogP contribution in [0, 0.1) is 0 Å². The van der Waals surface area contributed by atoms with Gasteiger partial charge in [-0.25, -0.2) is 8.42 Å². The van der Waals surface area contributed by atoms with Gasteiger partial charge in [0.25, 0.3) is 10.0 Å². The van der Waals surface area contributed by atoms with Crippen LogP contribution in [-0.2, 0) is 19.6 Å². The van der Waals surface area contributed by atoms with Gasteiger partial charge in [0, 0.05) is 20.7 Å². The summed E-state index contributed by atoms with van der Waals surface area (Å²) in [5.74, 6) is -0.399. The third-order valence-corrected chi connectivity index (χ3v) is 6.22. The Bertz CT molecular complexity index is 612. The largest absolute Gasteiger partial charge is 0.389 e. The number of carbonyl (C=O) groups excluding carboxylic acids is 1. The van der Waals surface area contributed by atoms with Gasteiger partial charge >= 0.3 is 0 Å². The highest BCUT2D eigenvalue weighted by molar-refractivity contribution is 7.91. The number of hydrogen-bond donors (Lipinski definition) is 2. The van der Waals surface area contributed by atoms with Crippen LogP contribution in [0.1, 0.15) is 4.88 Å². The standard InChI is InChI=1S/C11H17N3O4S3/c1-14(7-9(15)13-5-6-18-2)21(16,17)10-4-3-8(20-10)11(12)19/h3-4H,5-7H2,1-2H3,(H2,12,19)(H,13,15). The molecule has 10 heteroatoms. The average molecular weight is 351 g/mol. The second kappa shape index (κ2) is 7.80. The van der Waals surface area contributed by atoms with Crippen molar-refractivity contribution in [2.45, 2.75) is 4.21 Å². The van der Waals surface area contributed by atoms with Gasteiger partial charge in [0.2, 0.25) is 5.91 Å². The number of nitrogens with one attached hydrogen (secondary N) is 1. The summed E-state index contributed by atoms with van der Waals surface area (Å²) in [6.07, 6.45) is 0. The molecule has 0 atom stereocenters. The summed E-state index contributed by atoms with van der Waals surface area (Å²) < 4.78 is 30.4. The van der Waals surface area contributed by atoms with Crippen molar-refractivity contribution in [1.29, 1.82) is 0 Å². The van der Waals surface area contributed by atoms with Crippen molar-refractivity contribution in [2.24, 2.45) is 5.73 Å². The SMILES string of the molecule is COCCNC(=O)CN(C)S(=O)(=O)c1ccc(C(N)=S)s1. The molecule has 1 aromatic heterocycles. The Morgan fingerprint density at radius 2 is 2.19 bits per heavy atom. The fourth-order valence-corrected chi connectivity index (χ4v) is 4.07. The molecule has 0 saturated heterocycles. The van der Waals surface area contributed by atoms with Crippen LogP contribution in [0.15, 0.2) is 16.3 Å². The van der Waals surface area contributed by atoms with E-state index in [-0.39, 0.29) is 15.7 Å². The number of rotatable bonds is 8. The number of nitrogens with two attached hydrogens (primary N) is 1. The highest BCUT2D eigenvalue weighted by atomic mass is 32.2. The first-order chi connectivity index (χ1) is 9.78. The predicted molar refractivity (Wildman–Crippen MR) is 84.9 cm³/mol. The van der Waals surface area contributed by atoms with E-state index >= 15 is 0 Å². The molecule has 1 amide bonds. The first kappa shape index (κ1) is 18.0. The molecule has 0 aliphatic rings. The van der Waals surface area contributed by atoms with Crippen molar-refractivity contribution in [1.82, 2.24) is 9.62 Å². The Kier molecular flexibility index (Phi) is 6.68. The third-order valence-electron chi connectivity index (χ3n) is 2.48. The molecule has 1 rings (SSSR count). The Balaban J connectivity index is 2.72. The van der Waals surface area contributed by atoms with Crippen molar-refractivity contribution in [3.8, 4) is 0 Å². The first-order valence-corrected chi connectivity index (χ1v) is 8.57. The molecule has 0 aromatic carbocycles. The van der Waals surface area contributed by atoms with E-state index in [9.17, 15) is 13.2 Å². The Morgan fingerprint density at radius 3 is 2.71 bits per heavy atom. The Hall–Kier alpha value is -1.07. The number of thiophene rings is 1. The molecule has 0 aliphatic heterocycles. The van der Waals surface area contributed by atoms with Gasteiger partial charge in [-0.1, -0.05) is 12.2 Å². The maximum atomic E-state index is 12.3. The van der Waals surface area contributed by atoms with Gasteiger partial charge in [-0.05, 0) is 12.1 Å². The van der Waals surface area contributed by atoms with E-state index in [1.165, 1.54) is 20.2 Å². The van der Waals surface area contributed by atoms with Gasteiger partial charge in [0.05, 0.1) is 18.0 Å². The molecule has 0 fully saturated rings. The molecule has 0 unspecified atom stereocenters. The fraction of sp³-hybridized carbons (Fsp3) is 0.455. The number of hydrogen-bond acceptors (Lipinski definition) is 6. The Labute approximate surface area is 133 Å². The number of sulfonamides is 1. The number of likely N-dealkylation sites (N-methyl/N-ethyl adjacent to an activating group) is 1. The normalized spacial score (nSPS) is 11.6. The fourth-order valence-electron chi connectivity index (χ4n) is 1.38. The van der Waals surface area contributed by atoms with Crippen LogP contribution in [0.3, 0.4) is 0 Å². The van der Waals surface area contributed by atoms with E-state index in [0.717, 1.165) is 15.6 Å². The summed E-state index contributed by atoms with van der Waals surface area (Å²) in [6, 6.07) is 2.97. The molecule has 0 bridgehead atoms. The summed E-state index contributed by atoms with van der Waals surface area (Å²) in [4.78, 5) is 12.3. The lowest BCUT2D eigenvalue weighted by Gasteiger charge is -2.15. The summed E-state index contributed by atoms with van der Waals surface area (Å²) >= 11 is 5.77. The molecule has 0 aliphatic carbocycles. The molecule has 7 nitrogen and oxygen atoms in total. The van der Waals surface area contributed by atoms with Crippen LogP contribution in [0.25, 0.3) is 0 Å². The molecular formula is C11H17N3O4S3. The van der Waals surface area contributed by atoms with Crippen molar-refractivity contribution in [2.75, 3.05) is 33.9 Å². The zero-order chi connectivity index (χ0) is 16.0. The van der Waals surface area contributed by atoms with Crippen LogP contribution in [0.5, 0.6) is 0 Å². The molecule has 0 spiro atoms. The maximum Gasteiger partial charge on any atom is 0.252 e. The minimum atomic E-state index is -3.73. The lowest BCUT2D eigenvalue weighted by Crippen LogP contribution is -2.39. The van der Waals surface area contributed by atoms with E-state index in [4.69, 9.17) is 22.7 Å². The number of nitrogens with zero attached hydrogens (tertiary/aromatic N) is 1. The summed E-state index contributed by atoms with van der Waals surface area (Å²) in [5.41, 5.74) is 5.45. The van der Waals surface area contributed by atoms with Crippen LogP contribution < -0.4 is 11.1 Å². The smallest absolute Gasteiger partial charge is 0.252 e. The van der Waals surface area contributed by atoms with Crippen molar-refractivity contribution < 1.29 is 17.9 Å². The molecule has 1 aromatic rings. The zero-order valence-corrected chi connectivity index (χ0v) is 14.1. The quantitative estimate of drug-likeness (QED) is 0.495.